The van der Waals surface area contributed by atoms with Gasteiger partial charge in [-0.05, 0) is 41.7 Å². The second-order valence-electron chi connectivity index (χ2n) is 3.71. The number of thioether (sulfide) groups is 1. The average molecular weight is 288 g/mol. The highest BCUT2D eigenvalue weighted by Gasteiger charge is 2.35. The molecular weight excluding hydrogens is 271 g/mol. The molecule has 1 unspecified atom stereocenters. The standard InChI is InChI=1S/C12H17O4PS/c1-4-12(5-2,16-17(13)14)18-11-8-6-10(15-3)7-9-11/h6-9H,4-5H2,1-3H3. The van der Waals surface area contributed by atoms with Crippen LogP contribution in [0.2, 0.25) is 0 Å². The molecule has 0 aliphatic rings. The van der Waals surface area contributed by atoms with Crippen LogP contribution in [0.4, 0.5) is 0 Å². The molecule has 100 valence electrons. The summed E-state index contributed by atoms with van der Waals surface area (Å²) in [5, 5.41) is 0. The van der Waals surface area contributed by atoms with Crippen LogP contribution in [-0.4, -0.2) is 12.0 Å². The van der Waals surface area contributed by atoms with E-state index in [1.54, 1.807) is 7.11 Å². The van der Waals surface area contributed by atoms with E-state index in [0.29, 0.717) is 12.8 Å². The first-order valence-electron chi connectivity index (χ1n) is 5.72. The van der Waals surface area contributed by atoms with E-state index in [-0.39, 0.29) is 0 Å². The van der Waals surface area contributed by atoms with Crippen LogP contribution in [0.1, 0.15) is 26.7 Å². The fourth-order valence-corrected chi connectivity index (χ4v) is 3.39. The maximum Gasteiger partial charge on any atom is 0.489 e. The van der Waals surface area contributed by atoms with Gasteiger partial charge in [0, 0.05) is 4.90 Å². The largest absolute Gasteiger partial charge is 0.566 e. The highest BCUT2D eigenvalue weighted by Crippen LogP contribution is 2.43. The maximum absolute atomic E-state index is 10.8. The molecule has 0 N–H and O–H groups in total. The molecule has 6 heteroatoms. The maximum atomic E-state index is 10.8. The first kappa shape index (κ1) is 15.4. The molecule has 0 heterocycles. The molecule has 1 atom stereocenters. The third-order valence-corrected chi connectivity index (χ3v) is 4.84. The van der Waals surface area contributed by atoms with Gasteiger partial charge < -0.3 is 9.63 Å². The van der Waals surface area contributed by atoms with Crippen LogP contribution >= 0.6 is 20.0 Å². The van der Waals surface area contributed by atoms with E-state index >= 15 is 0 Å². The quantitative estimate of drug-likeness (QED) is 0.437. The van der Waals surface area contributed by atoms with Gasteiger partial charge in [0.2, 0.25) is 0 Å². The van der Waals surface area contributed by atoms with Gasteiger partial charge in [-0.3, -0.25) is 0 Å². The van der Waals surface area contributed by atoms with E-state index in [2.05, 4.69) is 0 Å². The summed E-state index contributed by atoms with van der Waals surface area (Å²) in [7, 11) is -1.24. The lowest BCUT2D eigenvalue weighted by molar-refractivity contribution is -0.191. The third-order valence-electron chi connectivity index (χ3n) is 2.68. The smallest absolute Gasteiger partial charge is 0.489 e. The number of hydrogen-bond donors (Lipinski definition) is 0. The van der Waals surface area contributed by atoms with Crippen molar-refractivity contribution in [3.8, 4) is 5.75 Å². The Morgan fingerprint density at radius 2 is 1.83 bits per heavy atom. The molecule has 0 fully saturated rings. The zero-order chi connectivity index (χ0) is 13.6. The van der Waals surface area contributed by atoms with Crippen molar-refractivity contribution in [2.24, 2.45) is 0 Å². The molecule has 0 amide bonds. The molecule has 1 aromatic carbocycles. The lowest BCUT2D eigenvalue weighted by Crippen LogP contribution is -2.25. The van der Waals surface area contributed by atoms with Crippen molar-refractivity contribution in [3.05, 3.63) is 24.3 Å². The van der Waals surface area contributed by atoms with E-state index in [0.717, 1.165) is 10.6 Å². The number of rotatable bonds is 7. The summed E-state index contributed by atoms with van der Waals surface area (Å²) in [6.07, 6.45) is 1.23. The second-order valence-corrected chi connectivity index (χ2v) is 5.76. The van der Waals surface area contributed by atoms with Gasteiger partial charge in [0.25, 0.3) is 0 Å². The Morgan fingerprint density at radius 3 is 2.22 bits per heavy atom. The van der Waals surface area contributed by atoms with Gasteiger partial charge in [-0.25, -0.2) is 0 Å². The molecule has 1 rings (SSSR count). The van der Waals surface area contributed by atoms with Crippen molar-refractivity contribution in [3.63, 3.8) is 0 Å². The molecule has 0 aromatic heterocycles. The molecule has 0 bridgehead atoms. The zero-order valence-electron chi connectivity index (χ0n) is 10.7. The fourth-order valence-electron chi connectivity index (χ4n) is 1.54. The third kappa shape index (κ3) is 4.25. The number of ether oxygens (including phenoxy) is 1. The molecule has 0 aliphatic heterocycles. The van der Waals surface area contributed by atoms with Gasteiger partial charge in [-0.15, -0.1) is 4.52 Å². The SMILES string of the molecule is CCC(CC)(O[P+](=O)[O-])Sc1ccc(OC)cc1. The van der Waals surface area contributed by atoms with E-state index in [1.165, 1.54) is 11.8 Å². The van der Waals surface area contributed by atoms with Crippen molar-refractivity contribution in [1.82, 2.24) is 0 Å². The van der Waals surface area contributed by atoms with Crippen molar-refractivity contribution in [2.75, 3.05) is 7.11 Å². The van der Waals surface area contributed by atoms with Gasteiger partial charge in [0.05, 0.1) is 7.11 Å². The first-order valence-corrected chi connectivity index (χ1v) is 7.63. The summed E-state index contributed by atoms with van der Waals surface area (Å²) in [6, 6.07) is 7.47. The Kier molecular flexibility index (Phi) is 6.09. The zero-order valence-corrected chi connectivity index (χ0v) is 12.4. The Bertz CT molecular complexity index is 390. The molecule has 0 saturated heterocycles. The van der Waals surface area contributed by atoms with E-state index in [4.69, 9.17) is 9.26 Å². The summed E-state index contributed by atoms with van der Waals surface area (Å²) >= 11 is 1.42. The monoisotopic (exact) mass is 288 g/mol. The van der Waals surface area contributed by atoms with Crippen LogP contribution in [-0.2, 0) is 9.09 Å². The average Bonchev–Trinajstić information content (AvgIpc) is 2.38. The van der Waals surface area contributed by atoms with Crippen molar-refractivity contribution >= 4 is 20.0 Å². The topological polar surface area (TPSA) is 58.6 Å². The van der Waals surface area contributed by atoms with Crippen LogP contribution in [0.25, 0.3) is 0 Å². The second kappa shape index (κ2) is 7.10. The normalized spacial score (nSPS) is 12.3. The van der Waals surface area contributed by atoms with Crippen LogP contribution in [0.5, 0.6) is 5.75 Å². The van der Waals surface area contributed by atoms with Crippen LogP contribution < -0.4 is 9.63 Å². The summed E-state index contributed by atoms with van der Waals surface area (Å²) in [4.78, 5) is 11.0. The minimum Gasteiger partial charge on any atom is -0.566 e. The summed E-state index contributed by atoms with van der Waals surface area (Å²) in [5.74, 6) is 0.772. The molecular formula is C12H17O4PS. The summed E-state index contributed by atoms with van der Waals surface area (Å²) in [6.45, 7) is 3.83. The van der Waals surface area contributed by atoms with Crippen molar-refractivity contribution < 1.29 is 18.7 Å². The number of benzene rings is 1. The van der Waals surface area contributed by atoms with E-state index < -0.39 is 13.2 Å². The van der Waals surface area contributed by atoms with E-state index in [9.17, 15) is 9.46 Å². The Morgan fingerprint density at radius 1 is 1.28 bits per heavy atom. The fraction of sp³-hybridized carbons (Fsp3) is 0.500. The predicted molar refractivity (Wildman–Crippen MR) is 70.9 cm³/mol. The lowest BCUT2D eigenvalue weighted by atomic mass is 10.2. The van der Waals surface area contributed by atoms with Gasteiger partial charge >= 0.3 is 8.25 Å². The molecule has 1 aromatic rings. The first-order chi connectivity index (χ1) is 8.55. The summed E-state index contributed by atoms with van der Waals surface area (Å²) in [5.41, 5.74) is 0. The van der Waals surface area contributed by atoms with Gasteiger partial charge in [-0.2, -0.15) is 0 Å². The Labute approximate surface area is 113 Å². The lowest BCUT2D eigenvalue weighted by Gasteiger charge is -2.25. The molecule has 0 spiro atoms. The predicted octanol–water partition coefficient (Wildman–Crippen LogP) is 3.34. The summed E-state index contributed by atoms with van der Waals surface area (Å²) < 4.78 is 21.0. The molecule has 0 aliphatic carbocycles. The van der Waals surface area contributed by atoms with Gasteiger partial charge in [0.15, 0.2) is 4.93 Å². The van der Waals surface area contributed by atoms with Gasteiger partial charge in [0.1, 0.15) is 5.75 Å². The highest BCUT2D eigenvalue weighted by molar-refractivity contribution is 8.00. The highest BCUT2D eigenvalue weighted by atomic mass is 32.2. The van der Waals surface area contributed by atoms with Crippen LogP contribution in [0.3, 0.4) is 0 Å². The molecule has 18 heavy (non-hydrogen) atoms. The minimum absolute atomic E-state index is 0.615. The van der Waals surface area contributed by atoms with Crippen molar-refractivity contribution in [1.29, 1.82) is 0 Å². The minimum atomic E-state index is -2.85. The van der Waals surface area contributed by atoms with Crippen LogP contribution in [0, 0.1) is 0 Å². The molecule has 4 nitrogen and oxygen atoms in total. The molecule has 0 radical (unpaired) electrons. The van der Waals surface area contributed by atoms with Crippen LogP contribution in [0.15, 0.2) is 29.2 Å². The Balaban J connectivity index is 2.84. The molecule has 0 saturated carbocycles. The van der Waals surface area contributed by atoms with Gasteiger partial charge in [-0.1, -0.05) is 25.6 Å². The van der Waals surface area contributed by atoms with Crippen molar-refractivity contribution in [2.45, 2.75) is 36.5 Å². The number of hydrogen-bond acceptors (Lipinski definition) is 5. The van der Waals surface area contributed by atoms with E-state index in [1.807, 2.05) is 38.1 Å². The Hall–Kier alpha value is -0.610. The number of methoxy groups -OCH3 is 1.